The van der Waals surface area contributed by atoms with Gasteiger partial charge in [-0.1, -0.05) is 23.9 Å². The zero-order valence-corrected chi connectivity index (χ0v) is 16.6. The van der Waals surface area contributed by atoms with Crippen LogP contribution in [0.25, 0.3) is 10.2 Å². The highest BCUT2D eigenvalue weighted by atomic mass is 32.2. The summed E-state index contributed by atoms with van der Waals surface area (Å²) in [7, 11) is 0. The molecule has 0 radical (unpaired) electrons. The van der Waals surface area contributed by atoms with Crippen molar-refractivity contribution >= 4 is 45.1 Å². The molecule has 1 aromatic carbocycles. The fourth-order valence-corrected chi connectivity index (χ4v) is 4.93. The summed E-state index contributed by atoms with van der Waals surface area (Å²) in [6.45, 7) is 6.02. The van der Waals surface area contributed by atoms with E-state index in [9.17, 15) is 9.59 Å². The molecule has 26 heavy (non-hydrogen) atoms. The number of nitrogens with one attached hydrogen (secondary N) is 1. The molecular formula is C18H24N4O2S2. The number of hydrogen-bond donors (Lipinski definition) is 1. The van der Waals surface area contributed by atoms with Crippen molar-refractivity contribution in [3.05, 3.63) is 24.3 Å². The minimum absolute atomic E-state index is 0.0543. The summed E-state index contributed by atoms with van der Waals surface area (Å²) >= 11 is 3.14. The van der Waals surface area contributed by atoms with Crippen LogP contribution in [0, 0.1) is 0 Å². The largest absolute Gasteiger partial charge is 0.355 e. The maximum absolute atomic E-state index is 12.6. The van der Waals surface area contributed by atoms with Gasteiger partial charge in [-0.3, -0.25) is 14.5 Å². The Balaban J connectivity index is 1.48. The fraction of sp³-hybridized carbons (Fsp3) is 0.500. The molecule has 1 fully saturated rings. The first-order valence-corrected chi connectivity index (χ1v) is 10.7. The molecule has 0 spiro atoms. The number of hydrogen-bond acceptors (Lipinski definition) is 6. The summed E-state index contributed by atoms with van der Waals surface area (Å²) in [6.07, 6.45) is 0.900. The number of likely N-dealkylation sites (N-methyl/N-ethyl adjacent to an activating group) is 1. The van der Waals surface area contributed by atoms with E-state index in [0.717, 1.165) is 40.6 Å². The fourth-order valence-electron chi connectivity index (χ4n) is 2.96. The van der Waals surface area contributed by atoms with Gasteiger partial charge in [-0.15, -0.1) is 11.3 Å². The van der Waals surface area contributed by atoms with Crippen LogP contribution < -0.4 is 5.32 Å². The van der Waals surface area contributed by atoms with Gasteiger partial charge in [-0.2, -0.15) is 0 Å². The van der Waals surface area contributed by atoms with Crippen LogP contribution in [0.2, 0.25) is 0 Å². The van der Waals surface area contributed by atoms with Crippen LogP contribution in [0.3, 0.4) is 0 Å². The molecule has 0 unspecified atom stereocenters. The molecule has 1 N–H and O–H groups in total. The molecule has 140 valence electrons. The molecule has 1 aliphatic rings. The van der Waals surface area contributed by atoms with Gasteiger partial charge in [0.1, 0.15) is 0 Å². The van der Waals surface area contributed by atoms with E-state index >= 15 is 0 Å². The summed E-state index contributed by atoms with van der Waals surface area (Å²) in [5.74, 6) is 0.614. The highest BCUT2D eigenvalue weighted by molar-refractivity contribution is 8.01. The zero-order valence-electron chi connectivity index (χ0n) is 14.9. The number of aromatic nitrogens is 1. The van der Waals surface area contributed by atoms with Crippen molar-refractivity contribution in [1.82, 2.24) is 20.1 Å². The highest BCUT2D eigenvalue weighted by Gasteiger charge is 2.20. The minimum atomic E-state index is 0.0543. The van der Waals surface area contributed by atoms with E-state index in [2.05, 4.69) is 21.3 Å². The second-order valence-electron chi connectivity index (χ2n) is 6.20. The number of benzene rings is 1. The Morgan fingerprint density at radius 1 is 1.23 bits per heavy atom. The third kappa shape index (κ3) is 5.18. The van der Waals surface area contributed by atoms with E-state index in [1.54, 1.807) is 11.3 Å². The first kappa shape index (κ1) is 19.1. The van der Waals surface area contributed by atoms with Gasteiger partial charge in [-0.05, 0) is 25.5 Å². The number of carbonyl (C=O) groups excluding carboxylic acids is 2. The maximum atomic E-state index is 12.6. The van der Waals surface area contributed by atoms with Crippen LogP contribution >= 0.6 is 23.1 Å². The Bertz CT molecular complexity index is 731. The van der Waals surface area contributed by atoms with Gasteiger partial charge in [0.15, 0.2) is 4.34 Å². The average molecular weight is 393 g/mol. The first-order valence-electron chi connectivity index (χ1n) is 8.91. The van der Waals surface area contributed by atoms with E-state index in [0.29, 0.717) is 25.4 Å². The molecule has 1 aliphatic heterocycles. The summed E-state index contributed by atoms with van der Waals surface area (Å²) in [6, 6.07) is 8.03. The summed E-state index contributed by atoms with van der Waals surface area (Å²) < 4.78 is 2.09. The standard InChI is InChI=1S/C18H24N4O2S2/c1-2-19-16(23)12-21-8-5-9-22(11-10-21)17(24)13-25-18-20-14-6-3-4-7-15(14)26-18/h3-4,6-7H,2,5,8-13H2,1H3,(H,19,23). The van der Waals surface area contributed by atoms with Gasteiger partial charge in [0.05, 0.1) is 22.5 Å². The molecule has 0 bridgehead atoms. The highest BCUT2D eigenvalue weighted by Crippen LogP contribution is 2.29. The predicted molar refractivity (Wildman–Crippen MR) is 107 cm³/mol. The summed E-state index contributed by atoms with van der Waals surface area (Å²) in [4.78, 5) is 32.9. The summed E-state index contributed by atoms with van der Waals surface area (Å²) in [5.41, 5.74) is 0.989. The number of para-hydroxylation sites is 1. The lowest BCUT2D eigenvalue weighted by atomic mass is 10.3. The van der Waals surface area contributed by atoms with Crippen molar-refractivity contribution in [1.29, 1.82) is 0 Å². The molecule has 1 saturated heterocycles. The molecule has 6 nitrogen and oxygen atoms in total. The lowest BCUT2D eigenvalue weighted by Crippen LogP contribution is -2.40. The molecule has 2 heterocycles. The van der Waals surface area contributed by atoms with E-state index in [4.69, 9.17) is 0 Å². The topological polar surface area (TPSA) is 65.5 Å². The van der Waals surface area contributed by atoms with Gasteiger partial charge in [0.2, 0.25) is 11.8 Å². The van der Waals surface area contributed by atoms with Gasteiger partial charge in [-0.25, -0.2) is 4.98 Å². The lowest BCUT2D eigenvalue weighted by molar-refractivity contribution is -0.128. The van der Waals surface area contributed by atoms with Crippen molar-refractivity contribution in [3.8, 4) is 0 Å². The quantitative estimate of drug-likeness (QED) is 0.763. The second kappa shape index (κ2) is 9.34. The lowest BCUT2D eigenvalue weighted by Gasteiger charge is -2.21. The first-order chi connectivity index (χ1) is 12.7. The van der Waals surface area contributed by atoms with Crippen molar-refractivity contribution < 1.29 is 9.59 Å². The van der Waals surface area contributed by atoms with Gasteiger partial charge < -0.3 is 10.2 Å². The van der Waals surface area contributed by atoms with E-state index in [1.807, 2.05) is 30.0 Å². The molecule has 2 aromatic rings. The smallest absolute Gasteiger partial charge is 0.234 e. The second-order valence-corrected chi connectivity index (χ2v) is 8.45. The molecule has 0 aliphatic carbocycles. The van der Waals surface area contributed by atoms with Crippen LogP contribution in [0.4, 0.5) is 0 Å². The molecule has 3 rings (SSSR count). The predicted octanol–water partition coefficient (Wildman–Crippen LogP) is 2.06. The number of amides is 2. The van der Waals surface area contributed by atoms with E-state index in [1.165, 1.54) is 11.8 Å². The summed E-state index contributed by atoms with van der Waals surface area (Å²) in [5, 5.41) is 2.83. The monoisotopic (exact) mass is 392 g/mol. The van der Waals surface area contributed by atoms with E-state index < -0.39 is 0 Å². The SMILES string of the molecule is CCNC(=O)CN1CCCN(C(=O)CSc2nc3ccccc3s2)CC1. The number of rotatable bonds is 6. The van der Waals surface area contributed by atoms with Crippen molar-refractivity contribution in [2.75, 3.05) is 45.0 Å². The molecular weight excluding hydrogens is 368 g/mol. The van der Waals surface area contributed by atoms with Crippen LogP contribution in [0.5, 0.6) is 0 Å². The van der Waals surface area contributed by atoms with Crippen LogP contribution in [-0.2, 0) is 9.59 Å². The Kier molecular flexibility index (Phi) is 6.87. The third-order valence-electron chi connectivity index (χ3n) is 4.28. The third-order valence-corrected chi connectivity index (χ3v) is 6.44. The minimum Gasteiger partial charge on any atom is -0.355 e. The number of carbonyl (C=O) groups is 2. The molecule has 8 heteroatoms. The number of thioether (sulfide) groups is 1. The van der Waals surface area contributed by atoms with Crippen LogP contribution in [-0.4, -0.2) is 71.6 Å². The Morgan fingerprint density at radius 2 is 2.08 bits per heavy atom. The number of thiazole rings is 1. The van der Waals surface area contributed by atoms with Crippen LogP contribution in [0.1, 0.15) is 13.3 Å². The molecule has 2 amide bonds. The Labute approximate surface area is 161 Å². The molecule has 1 aromatic heterocycles. The molecule has 0 saturated carbocycles. The van der Waals surface area contributed by atoms with Crippen molar-refractivity contribution in [3.63, 3.8) is 0 Å². The Hall–Kier alpha value is -1.64. The number of nitrogens with zero attached hydrogens (tertiary/aromatic N) is 3. The van der Waals surface area contributed by atoms with Gasteiger partial charge in [0, 0.05) is 32.7 Å². The zero-order chi connectivity index (χ0) is 18.4. The van der Waals surface area contributed by atoms with E-state index in [-0.39, 0.29) is 11.8 Å². The Morgan fingerprint density at radius 3 is 2.88 bits per heavy atom. The number of fused-ring (bicyclic) bond motifs is 1. The van der Waals surface area contributed by atoms with Gasteiger partial charge >= 0.3 is 0 Å². The van der Waals surface area contributed by atoms with Crippen LogP contribution in [0.15, 0.2) is 28.6 Å². The van der Waals surface area contributed by atoms with Crippen molar-refractivity contribution in [2.45, 2.75) is 17.7 Å². The average Bonchev–Trinajstić information content (AvgIpc) is 2.91. The molecule has 0 atom stereocenters. The van der Waals surface area contributed by atoms with Crippen molar-refractivity contribution in [2.24, 2.45) is 0 Å². The maximum Gasteiger partial charge on any atom is 0.234 e. The van der Waals surface area contributed by atoms with Gasteiger partial charge in [0.25, 0.3) is 0 Å². The normalized spacial score (nSPS) is 15.8.